The van der Waals surface area contributed by atoms with Crippen molar-refractivity contribution < 1.29 is 27.5 Å². The van der Waals surface area contributed by atoms with Gasteiger partial charge in [-0.05, 0) is 37.6 Å². The topological polar surface area (TPSA) is 49.9 Å². The number of carbonyl (C=O) groups is 2. The Hall–Kier alpha value is -2.25. The molecule has 5 nitrogen and oxygen atoms in total. The van der Waals surface area contributed by atoms with Gasteiger partial charge in [-0.15, -0.1) is 0 Å². The summed E-state index contributed by atoms with van der Waals surface area (Å²) < 4.78 is 42.8. The smallest absolute Gasteiger partial charge is 0.471 e. The summed E-state index contributed by atoms with van der Waals surface area (Å²) in [6.45, 7) is 2.63. The Balaban J connectivity index is 2.00. The third-order valence-corrected chi connectivity index (χ3v) is 3.73. The normalized spacial score (nSPS) is 15.8. The summed E-state index contributed by atoms with van der Waals surface area (Å²) in [6.07, 6.45) is -4.57. The van der Waals surface area contributed by atoms with E-state index in [1.807, 2.05) is 6.92 Å². The second-order valence-corrected chi connectivity index (χ2v) is 5.39. The number of amides is 2. The molecule has 0 atom stereocenters. The van der Waals surface area contributed by atoms with Crippen LogP contribution in [0.4, 0.5) is 13.2 Å². The van der Waals surface area contributed by atoms with E-state index in [1.165, 1.54) is 4.90 Å². The van der Waals surface area contributed by atoms with Gasteiger partial charge in [0.15, 0.2) is 0 Å². The van der Waals surface area contributed by atoms with Gasteiger partial charge in [0.2, 0.25) is 0 Å². The first-order chi connectivity index (χ1) is 11.3. The molecule has 2 amide bonds. The summed E-state index contributed by atoms with van der Waals surface area (Å²) >= 11 is 0. The molecule has 0 aliphatic carbocycles. The van der Waals surface area contributed by atoms with E-state index in [9.17, 15) is 22.8 Å². The summed E-state index contributed by atoms with van der Waals surface area (Å²) in [7, 11) is 0. The number of ether oxygens (including phenoxy) is 1. The molecule has 0 N–H and O–H groups in total. The number of rotatable bonds is 3. The highest BCUT2D eigenvalue weighted by molar-refractivity contribution is 5.94. The van der Waals surface area contributed by atoms with Crippen LogP contribution in [-0.4, -0.2) is 60.6 Å². The highest BCUT2D eigenvalue weighted by Crippen LogP contribution is 2.20. The van der Waals surface area contributed by atoms with E-state index in [1.54, 1.807) is 24.3 Å². The van der Waals surface area contributed by atoms with Gasteiger partial charge in [-0.2, -0.15) is 13.2 Å². The summed E-state index contributed by atoms with van der Waals surface area (Å²) in [5.41, 5.74) is 0.439. The monoisotopic (exact) mass is 344 g/mol. The van der Waals surface area contributed by atoms with Crippen LogP contribution >= 0.6 is 0 Å². The molecule has 8 heteroatoms. The standard InChI is InChI=1S/C16H19F3N2O3/c1-2-24-13-6-4-12(5-7-13)14(22)20-8-3-9-21(11-10-20)15(23)16(17,18)19/h4-7H,2-3,8-11H2,1H3. The Kier molecular flexibility index (Phi) is 5.69. The number of nitrogens with zero attached hydrogens (tertiary/aromatic N) is 2. The average molecular weight is 344 g/mol. The van der Waals surface area contributed by atoms with Gasteiger partial charge >= 0.3 is 12.1 Å². The number of carbonyl (C=O) groups excluding carboxylic acids is 2. The van der Waals surface area contributed by atoms with Crippen LogP contribution in [0.3, 0.4) is 0 Å². The molecule has 132 valence electrons. The van der Waals surface area contributed by atoms with Gasteiger partial charge in [0.05, 0.1) is 6.61 Å². The Labute approximate surface area is 138 Å². The van der Waals surface area contributed by atoms with Gasteiger partial charge < -0.3 is 14.5 Å². The second-order valence-electron chi connectivity index (χ2n) is 5.39. The molecule has 1 fully saturated rings. The van der Waals surface area contributed by atoms with Crippen molar-refractivity contribution in [1.82, 2.24) is 9.80 Å². The quantitative estimate of drug-likeness (QED) is 0.846. The van der Waals surface area contributed by atoms with Crippen molar-refractivity contribution in [3.05, 3.63) is 29.8 Å². The lowest BCUT2D eigenvalue weighted by molar-refractivity contribution is -0.185. The van der Waals surface area contributed by atoms with E-state index >= 15 is 0 Å². The fourth-order valence-corrected chi connectivity index (χ4v) is 2.55. The predicted molar refractivity (Wildman–Crippen MR) is 80.8 cm³/mol. The van der Waals surface area contributed by atoms with Gasteiger partial charge in [0.1, 0.15) is 5.75 Å². The first kappa shape index (κ1) is 18.1. The molecule has 0 unspecified atom stereocenters. The molecule has 0 aromatic heterocycles. The Morgan fingerprint density at radius 2 is 1.62 bits per heavy atom. The molecule has 1 saturated heterocycles. The third-order valence-electron chi connectivity index (χ3n) is 3.73. The largest absolute Gasteiger partial charge is 0.494 e. The van der Waals surface area contributed by atoms with Crippen LogP contribution in [0.2, 0.25) is 0 Å². The van der Waals surface area contributed by atoms with E-state index in [4.69, 9.17) is 4.74 Å². The SMILES string of the molecule is CCOc1ccc(C(=O)N2CCCN(C(=O)C(F)(F)F)CC2)cc1. The fourth-order valence-electron chi connectivity index (χ4n) is 2.55. The molecule has 0 spiro atoms. The molecule has 0 saturated carbocycles. The highest BCUT2D eigenvalue weighted by atomic mass is 19.4. The van der Waals surface area contributed by atoms with Crippen molar-refractivity contribution in [2.24, 2.45) is 0 Å². The van der Waals surface area contributed by atoms with Crippen molar-refractivity contribution in [2.75, 3.05) is 32.8 Å². The van der Waals surface area contributed by atoms with Crippen LogP contribution in [0, 0.1) is 0 Å². The third kappa shape index (κ3) is 4.39. The number of alkyl halides is 3. The van der Waals surface area contributed by atoms with Crippen molar-refractivity contribution in [2.45, 2.75) is 19.5 Å². The number of benzene rings is 1. The van der Waals surface area contributed by atoms with Crippen LogP contribution in [0.5, 0.6) is 5.75 Å². The zero-order valence-electron chi connectivity index (χ0n) is 13.3. The molecule has 2 rings (SSSR count). The van der Waals surface area contributed by atoms with E-state index < -0.39 is 12.1 Å². The first-order valence-electron chi connectivity index (χ1n) is 7.71. The highest BCUT2D eigenvalue weighted by Gasteiger charge is 2.42. The molecular formula is C16H19F3N2O3. The molecule has 1 aromatic carbocycles. The lowest BCUT2D eigenvalue weighted by atomic mass is 10.2. The average Bonchev–Trinajstić information content (AvgIpc) is 2.79. The van der Waals surface area contributed by atoms with Gasteiger partial charge in [-0.25, -0.2) is 0 Å². The predicted octanol–water partition coefficient (Wildman–Crippen LogP) is 2.32. The maximum atomic E-state index is 12.5. The summed E-state index contributed by atoms with van der Waals surface area (Å²) in [5, 5.41) is 0. The van der Waals surface area contributed by atoms with Crippen LogP contribution in [0.1, 0.15) is 23.7 Å². The van der Waals surface area contributed by atoms with Gasteiger partial charge in [0.25, 0.3) is 5.91 Å². The molecule has 1 aliphatic rings. The minimum absolute atomic E-state index is 0.00853. The second kappa shape index (κ2) is 7.55. The van der Waals surface area contributed by atoms with Crippen molar-refractivity contribution in [3.63, 3.8) is 0 Å². The maximum absolute atomic E-state index is 12.5. The van der Waals surface area contributed by atoms with Gasteiger partial charge in [-0.3, -0.25) is 9.59 Å². The van der Waals surface area contributed by atoms with E-state index in [0.29, 0.717) is 30.9 Å². The zero-order chi connectivity index (χ0) is 17.7. The number of hydrogen-bond donors (Lipinski definition) is 0. The summed E-state index contributed by atoms with van der Waals surface area (Å²) in [6, 6.07) is 6.59. The van der Waals surface area contributed by atoms with Crippen LogP contribution in [0.15, 0.2) is 24.3 Å². The lowest BCUT2D eigenvalue weighted by Gasteiger charge is -2.23. The van der Waals surface area contributed by atoms with Gasteiger partial charge in [-0.1, -0.05) is 0 Å². The van der Waals surface area contributed by atoms with E-state index in [-0.39, 0.29) is 25.5 Å². The number of hydrogen-bond acceptors (Lipinski definition) is 3. The molecule has 1 aliphatic heterocycles. The molecule has 24 heavy (non-hydrogen) atoms. The fraction of sp³-hybridized carbons (Fsp3) is 0.500. The Morgan fingerprint density at radius 3 is 2.21 bits per heavy atom. The minimum Gasteiger partial charge on any atom is -0.494 e. The zero-order valence-corrected chi connectivity index (χ0v) is 13.3. The van der Waals surface area contributed by atoms with Crippen molar-refractivity contribution in [1.29, 1.82) is 0 Å². The molecule has 1 aromatic rings. The molecule has 0 bridgehead atoms. The lowest BCUT2D eigenvalue weighted by Crippen LogP contribution is -2.43. The summed E-state index contributed by atoms with van der Waals surface area (Å²) in [5.74, 6) is -1.47. The van der Waals surface area contributed by atoms with Crippen LogP contribution < -0.4 is 4.74 Å². The van der Waals surface area contributed by atoms with E-state index in [2.05, 4.69) is 0 Å². The molecular weight excluding hydrogens is 325 g/mol. The molecule has 0 radical (unpaired) electrons. The molecule has 1 heterocycles. The van der Waals surface area contributed by atoms with E-state index in [0.717, 1.165) is 4.90 Å². The Bertz CT molecular complexity index is 587. The Morgan fingerprint density at radius 1 is 1.04 bits per heavy atom. The van der Waals surface area contributed by atoms with Crippen molar-refractivity contribution in [3.8, 4) is 5.75 Å². The van der Waals surface area contributed by atoms with Crippen LogP contribution in [-0.2, 0) is 4.79 Å². The number of halogens is 3. The van der Waals surface area contributed by atoms with Gasteiger partial charge in [0, 0.05) is 31.7 Å². The minimum atomic E-state index is -4.88. The first-order valence-corrected chi connectivity index (χ1v) is 7.71. The summed E-state index contributed by atoms with van der Waals surface area (Å²) in [4.78, 5) is 26.0. The van der Waals surface area contributed by atoms with Crippen LogP contribution in [0.25, 0.3) is 0 Å². The van der Waals surface area contributed by atoms with Crippen molar-refractivity contribution >= 4 is 11.8 Å². The maximum Gasteiger partial charge on any atom is 0.471 e.